The molecular formula is C16H10ClFN2O3S. The number of rotatable bonds is 4. The van der Waals surface area contributed by atoms with E-state index in [9.17, 15) is 17.6 Å². The second kappa shape index (κ2) is 6.18. The van der Waals surface area contributed by atoms with Gasteiger partial charge in [-0.25, -0.2) is 16.8 Å². The van der Waals surface area contributed by atoms with Crippen molar-refractivity contribution in [1.82, 2.24) is 8.96 Å². The lowest BCUT2D eigenvalue weighted by Crippen LogP contribution is -2.14. The standard InChI is InChI=1S/C16H10ClFN2O3S/c17-12-6-13(8-19-7-12)24(22,23)20-9-11(10-21)5-16(20)14-3-1-2-4-15(14)18/h1-10H. The molecule has 0 saturated heterocycles. The summed E-state index contributed by atoms with van der Waals surface area (Å²) in [7, 11) is -4.10. The zero-order chi connectivity index (χ0) is 17.3. The van der Waals surface area contributed by atoms with E-state index in [4.69, 9.17) is 11.6 Å². The smallest absolute Gasteiger partial charge is 0.269 e. The highest BCUT2D eigenvalue weighted by Crippen LogP contribution is 2.28. The zero-order valence-electron chi connectivity index (χ0n) is 12.1. The lowest BCUT2D eigenvalue weighted by Gasteiger charge is -2.11. The predicted octanol–water partition coefficient (Wildman–Crippen LogP) is 3.39. The molecule has 2 aromatic heterocycles. The number of benzene rings is 1. The lowest BCUT2D eigenvalue weighted by atomic mass is 10.1. The van der Waals surface area contributed by atoms with E-state index >= 15 is 0 Å². The van der Waals surface area contributed by atoms with Gasteiger partial charge in [-0.1, -0.05) is 23.7 Å². The molecule has 8 heteroatoms. The molecule has 0 aliphatic heterocycles. The monoisotopic (exact) mass is 364 g/mol. The topological polar surface area (TPSA) is 69.0 Å². The molecule has 0 saturated carbocycles. The SMILES string of the molecule is O=Cc1cc(-c2ccccc2F)n(S(=O)(=O)c2cncc(Cl)c2)c1. The van der Waals surface area contributed by atoms with Crippen LogP contribution in [0.4, 0.5) is 4.39 Å². The maximum absolute atomic E-state index is 14.1. The van der Waals surface area contributed by atoms with Crippen LogP contribution in [-0.2, 0) is 10.0 Å². The molecule has 0 unspecified atom stereocenters. The molecule has 1 aromatic carbocycles. The van der Waals surface area contributed by atoms with Crippen LogP contribution in [0.5, 0.6) is 0 Å². The Bertz CT molecular complexity index is 1030. The van der Waals surface area contributed by atoms with E-state index in [1.165, 1.54) is 36.5 Å². The van der Waals surface area contributed by atoms with Crippen molar-refractivity contribution in [3.05, 3.63) is 71.4 Å². The van der Waals surface area contributed by atoms with Crippen LogP contribution < -0.4 is 0 Å². The van der Waals surface area contributed by atoms with Crippen LogP contribution in [0, 0.1) is 5.82 Å². The van der Waals surface area contributed by atoms with Gasteiger partial charge in [0.25, 0.3) is 10.0 Å². The second-order valence-electron chi connectivity index (χ2n) is 4.90. The summed E-state index contributed by atoms with van der Waals surface area (Å²) in [6.45, 7) is 0. The summed E-state index contributed by atoms with van der Waals surface area (Å²) in [6.07, 6.45) is 4.05. The van der Waals surface area contributed by atoms with E-state index in [1.807, 2.05) is 0 Å². The summed E-state index contributed by atoms with van der Waals surface area (Å²) < 4.78 is 40.6. The molecular weight excluding hydrogens is 355 g/mol. The van der Waals surface area contributed by atoms with Crippen LogP contribution in [0.15, 0.2) is 59.9 Å². The summed E-state index contributed by atoms with van der Waals surface area (Å²) in [4.78, 5) is 14.7. The van der Waals surface area contributed by atoms with Crippen molar-refractivity contribution in [2.24, 2.45) is 0 Å². The maximum atomic E-state index is 14.1. The number of carbonyl (C=O) groups excluding carboxylic acids is 1. The van der Waals surface area contributed by atoms with E-state index in [0.29, 0.717) is 6.29 Å². The van der Waals surface area contributed by atoms with Crippen molar-refractivity contribution in [2.45, 2.75) is 4.90 Å². The first-order chi connectivity index (χ1) is 11.4. The Kier molecular flexibility index (Phi) is 4.21. The van der Waals surface area contributed by atoms with Gasteiger partial charge < -0.3 is 0 Å². The van der Waals surface area contributed by atoms with Crippen molar-refractivity contribution in [2.75, 3.05) is 0 Å². The Morgan fingerprint density at radius 3 is 2.58 bits per heavy atom. The molecule has 0 aliphatic rings. The molecule has 2 heterocycles. The van der Waals surface area contributed by atoms with Crippen molar-refractivity contribution in [1.29, 1.82) is 0 Å². The molecule has 0 N–H and O–H groups in total. The molecule has 0 bridgehead atoms. The minimum absolute atomic E-state index is 0.0372. The predicted molar refractivity (Wildman–Crippen MR) is 87.0 cm³/mol. The minimum Gasteiger partial charge on any atom is -0.298 e. The highest BCUT2D eigenvalue weighted by atomic mass is 35.5. The minimum atomic E-state index is -4.10. The van der Waals surface area contributed by atoms with E-state index in [0.717, 1.165) is 16.4 Å². The largest absolute Gasteiger partial charge is 0.298 e. The summed E-state index contributed by atoms with van der Waals surface area (Å²) in [6, 6.07) is 8.24. The van der Waals surface area contributed by atoms with Crippen molar-refractivity contribution >= 4 is 27.9 Å². The Morgan fingerprint density at radius 1 is 1.17 bits per heavy atom. The normalized spacial score (nSPS) is 11.4. The highest BCUT2D eigenvalue weighted by Gasteiger charge is 2.23. The van der Waals surface area contributed by atoms with Crippen LogP contribution in [-0.4, -0.2) is 23.7 Å². The second-order valence-corrected chi connectivity index (χ2v) is 7.15. The average molecular weight is 365 g/mol. The molecule has 0 fully saturated rings. The summed E-state index contributed by atoms with van der Waals surface area (Å²) in [5.74, 6) is -0.603. The van der Waals surface area contributed by atoms with Crippen LogP contribution in [0.2, 0.25) is 5.02 Å². The number of hydrogen-bond donors (Lipinski definition) is 0. The molecule has 24 heavy (non-hydrogen) atoms. The zero-order valence-corrected chi connectivity index (χ0v) is 13.6. The first-order valence-corrected chi connectivity index (χ1v) is 8.54. The van der Waals surface area contributed by atoms with Gasteiger partial charge in [-0.2, -0.15) is 0 Å². The van der Waals surface area contributed by atoms with Gasteiger partial charge >= 0.3 is 0 Å². The number of aldehydes is 1. The van der Waals surface area contributed by atoms with E-state index in [2.05, 4.69) is 4.98 Å². The van der Waals surface area contributed by atoms with Gasteiger partial charge in [0.2, 0.25) is 0 Å². The number of hydrogen-bond acceptors (Lipinski definition) is 4. The molecule has 0 radical (unpaired) electrons. The molecule has 0 spiro atoms. The molecule has 3 aromatic rings. The van der Waals surface area contributed by atoms with Gasteiger partial charge in [0, 0.05) is 29.7 Å². The van der Waals surface area contributed by atoms with Crippen molar-refractivity contribution in [3.8, 4) is 11.3 Å². The van der Waals surface area contributed by atoms with Crippen LogP contribution in [0.3, 0.4) is 0 Å². The van der Waals surface area contributed by atoms with Gasteiger partial charge in [-0.05, 0) is 24.3 Å². The fourth-order valence-corrected chi connectivity index (χ4v) is 3.85. The van der Waals surface area contributed by atoms with Gasteiger partial charge in [-0.3, -0.25) is 9.78 Å². The van der Waals surface area contributed by atoms with Crippen LogP contribution in [0.25, 0.3) is 11.3 Å². The van der Waals surface area contributed by atoms with Gasteiger partial charge in [0.05, 0.1) is 10.7 Å². The van der Waals surface area contributed by atoms with Gasteiger partial charge in [-0.15, -0.1) is 0 Å². The number of carbonyl (C=O) groups is 1. The molecule has 0 amide bonds. The highest BCUT2D eigenvalue weighted by molar-refractivity contribution is 7.90. The third kappa shape index (κ3) is 2.83. The number of nitrogens with zero attached hydrogens (tertiary/aromatic N) is 2. The Balaban J connectivity index is 2.27. The van der Waals surface area contributed by atoms with Crippen molar-refractivity contribution in [3.63, 3.8) is 0 Å². The van der Waals surface area contributed by atoms with Gasteiger partial charge in [0.15, 0.2) is 6.29 Å². The summed E-state index contributed by atoms with van der Waals surface area (Å²) in [5.41, 5.74) is 0.200. The third-order valence-corrected chi connectivity index (χ3v) is 5.18. The number of halogens is 2. The fraction of sp³-hybridized carbons (Fsp3) is 0. The Morgan fingerprint density at radius 2 is 1.92 bits per heavy atom. The fourth-order valence-electron chi connectivity index (χ4n) is 2.24. The molecule has 3 rings (SSSR count). The Hall–Kier alpha value is -2.51. The summed E-state index contributed by atoms with van der Waals surface area (Å²) >= 11 is 5.80. The molecule has 5 nitrogen and oxygen atoms in total. The van der Waals surface area contributed by atoms with E-state index in [1.54, 1.807) is 6.07 Å². The van der Waals surface area contributed by atoms with Crippen LogP contribution >= 0.6 is 11.6 Å². The average Bonchev–Trinajstić information content (AvgIpc) is 3.00. The number of aromatic nitrogens is 2. The number of pyridine rings is 1. The van der Waals surface area contributed by atoms with E-state index < -0.39 is 15.8 Å². The maximum Gasteiger partial charge on any atom is 0.269 e. The first-order valence-electron chi connectivity index (χ1n) is 6.72. The third-order valence-electron chi connectivity index (χ3n) is 3.33. The van der Waals surface area contributed by atoms with Crippen molar-refractivity contribution < 1.29 is 17.6 Å². The molecule has 122 valence electrons. The molecule has 0 atom stereocenters. The lowest BCUT2D eigenvalue weighted by molar-refractivity contribution is 0.112. The van der Waals surface area contributed by atoms with Crippen LogP contribution in [0.1, 0.15) is 10.4 Å². The molecule has 0 aliphatic carbocycles. The van der Waals surface area contributed by atoms with E-state index in [-0.39, 0.29) is 26.7 Å². The van der Waals surface area contributed by atoms with Gasteiger partial charge in [0.1, 0.15) is 10.7 Å². The summed E-state index contributed by atoms with van der Waals surface area (Å²) in [5, 5.41) is 0.145. The Labute approximate surface area is 142 Å². The first kappa shape index (κ1) is 16.4. The quantitative estimate of drug-likeness (QED) is 0.665.